The molecule has 0 unspecified atom stereocenters. The SMILES string of the molecule is Cc1cc(NC(=S)NC(=O)c2ccc(N3CCCCC3)c([N+](=O)[O-])c2)ccc1-c1ccc(CO)o1. The molecule has 1 aliphatic rings. The number of anilines is 2. The summed E-state index contributed by atoms with van der Waals surface area (Å²) in [6.07, 6.45) is 3.10. The van der Waals surface area contributed by atoms with Gasteiger partial charge in [-0.25, -0.2) is 0 Å². The van der Waals surface area contributed by atoms with E-state index in [0.717, 1.165) is 43.5 Å². The van der Waals surface area contributed by atoms with Gasteiger partial charge in [-0.3, -0.25) is 20.2 Å². The molecule has 10 heteroatoms. The summed E-state index contributed by atoms with van der Waals surface area (Å²) in [5.74, 6) is 0.592. The first-order chi connectivity index (χ1) is 16.9. The molecule has 0 spiro atoms. The van der Waals surface area contributed by atoms with E-state index < -0.39 is 10.8 Å². The molecule has 0 radical (unpaired) electrons. The van der Waals surface area contributed by atoms with E-state index in [0.29, 0.717) is 22.9 Å². The fraction of sp³-hybridized carbons (Fsp3) is 0.280. The van der Waals surface area contributed by atoms with Crippen LogP contribution in [0.15, 0.2) is 52.9 Å². The molecule has 0 aliphatic carbocycles. The normalized spacial score (nSPS) is 13.4. The topological polar surface area (TPSA) is 121 Å². The molecule has 4 rings (SSSR count). The van der Waals surface area contributed by atoms with Crippen molar-refractivity contribution in [2.75, 3.05) is 23.3 Å². The second-order valence-corrected chi connectivity index (χ2v) is 8.78. The maximum atomic E-state index is 12.7. The molecular weight excluding hydrogens is 468 g/mol. The number of aliphatic hydroxyl groups excluding tert-OH is 1. The quantitative estimate of drug-likeness (QED) is 0.255. The molecule has 0 saturated carbocycles. The minimum Gasteiger partial charge on any atom is -0.459 e. The number of aryl methyl sites for hydroxylation is 1. The van der Waals surface area contributed by atoms with Crippen molar-refractivity contribution in [3.8, 4) is 11.3 Å². The van der Waals surface area contributed by atoms with Gasteiger partial charge in [-0.15, -0.1) is 0 Å². The average molecular weight is 495 g/mol. The molecule has 1 aliphatic heterocycles. The number of rotatable bonds is 6. The number of hydrogen-bond donors (Lipinski definition) is 3. The molecule has 182 valence electrons. The van der Waals surface area contributed by atoms with Gasteiger partial charge in [-0.2, -0.15) is 0 Å². The largest absolute Gasteiger partial charge is 0.459 e. The third-order valence-electron chi connectivity index (χ3n) is 5.93. The van der Waals surface area contributed by atoms with E-state index in [1.807, 2.05) is 24.0 Å². The minimum atomic E-state index is -0.531. The number of benzene rings is 2. The van der Waals surface area contributed by atoms with Gasteiger partial charge in [0.15, 0.2) is 5.11 Å². The van der Waals surface area contributed by atoms with Crippen LogP contribution in [0.2, 0.25) is 0 Å². The van der Waals surface area contributed by atoms with Crippen molar-refractivity contribution in [1.29, 1.82) is 0 Å². The number of nitrogens with one attached hydrogen (secondary N) is 2. The Morgan fingerprint density at radius 1 is 1.14 bits per heavy atom. The lowest BCUT2D eigenvalue weighted by Gasteiger charge is -2.28. The fourth-order valence-electron chi connectivity index (χ4n) is 4.18. The number of carbonyl (C=O) groups is 1. The zero-order valence-corrected chi connectivity index (χ0v) is 20.1. The molecule has 2 aromatic carbocycles. The first-order valence-electron chi connectivity index (χ1n) is 11.3. The second-order valence-electron chi connectivity index (χ2n) is 8.37. The van der Waals surface area contributed by atoms with Gasteiger partial charge in [-0.05, 0) is 86.4 Å². The summed E-state index contributed by atoms with van der Waals surface area (Å²) in [6.45, 7) is 3.27. The predicted molar refractivity (Wildman–Crippen MR) is 138 cm³/mol. The van der Waals surface area contributed by atoms with E-state index in [-0.39, 0.29) is 23.0 Å². The van der Waals surface area contributed by atoms with E-state index >= 15 is 0 Å². The summed E-state index contributed by atoms with van der Waals surface area (Å²) in [5.41, 5.74) is 3.04. The lowest BCUT2D eigenvalue weighted by Crippen LogP contribution is -2.34. The van der Waals surface area contributed by atoms with Gasteiger partial charge in [0.25, 0.3) is 11.6 Å². The van der Waals surface area contributed by atoms with E-state index in [4.69, 9.17) is 16.6 Å². The first-order valence-corrected chi connectivity index (χ1v) is 11.7. The molecule has 0 bridgehead atoms. The predicted octanol–water partition coefficient (Wildman–Crippen LogP) is 4.77. The van der Waals surface area contributed by atoms with Crippen molar-refractivity contribution in [3.63, 3.8) is 0 Å². The van der Waals surface area contributed by atoms with Crippen molar-refractivity contribution in [3.05, 3.63) is 75.5 Å². The maximum Gasteiger partial charge on any atom is 0.293 e. The van der Waals surface area contributed by atoms with E-state index in [2.05, 4.69) is 10.6 Å². The van der Waals surface area contributed by atoms with Crippen LogP contribution >= 0.6 is 12.2 Å². The zero-order valence-electron chi connectivity index (χ0n) is 19.2. The van der Waals surface area contributed by atoms with Gasteiger partial charge in [0.2, 0.25) is 0 Å². The number of furan rings is 1. The summed E-state index contributed by atoms with van der Waals surface area (Å²) in [5, 5.41) is 26.5. The van der Waals surface area contributed by atoms with Gasteiger partial charge in [-0.1, -0.05) is 0 Å². The number of amides is 1. The lowest BCUT2D eigenvalue weighted by atomic mass is 10.1. The van der Waals surface area contributed by atoms with Crippen LogP contribution in [0, 0.1) is 17.0 Å². The number of hydrogen-bond acceptors (Lipinski definition) is 7. The number of nitrogens with zero attached hydrogens (tertiary/aromatic N) is 2. The summed E-state index contributed by atoms with van der Waals surface area (Å²) < 4.78 is 5.59. The third kappa shape index (κ3) is 5.67. The lowest BCUT2D eigenvalue weighted by molar-refractivity contribution is -0.384. The maximum absolute atomic E-state index is 12.7. The van der Waals surface area contributed by atoms with Crippen molar-refractivity contribution in [2.24, 2.45) is 0 Å². The van der Waals surface area contributed by atoms with Crippen molar-refractivity contribution < 1.29 is 19.2 Å². The number of thiocarbonyl (C=S) groups is 1. The standard InChI is InChI=1S/C25H26N4O5S/c1-16-13-18(6-8-20(16)23-10-7-19(15-30)34-23)26-25(35)27-24(31)17-5-9-21(22(14-17)29(32)33)28-11-3-2-4-12-28/h5-10,13-14,30H,2-4,11-12,15H2,1H3,(H2,26,27,31,35). The van der Waals surface area contributed by atoms with Crippen LogP contribution in [-0.4, -0.2) is 34.1 Å². The average Bonchev–Trinajstić information content (AvgIpc) is 3.33. The Balaban J connectivity index is 1.43. The van der Waals surface area contributed by atoms with Crippen LogP contribution in [0.4, 0.5) is 17.1 Å². The Labute approximate surface area is 207 Å². The van der Waals surface area contributed by atoms with Crippen molar-refractivity contribution >= 4 is 40.3 Å². The Hall–Kier alpha value is -3.76. The first kappa shape index (κ1) is 24.4. The Morgan fingerprint density at radius 2 is 1.91 bits per heavy atom. The van der Waals surface area contributed by atoms with Gasteiger partial charge in [0.1, 0.15) is 23.8 Å². The van der Waals surface area contributed by atoms with E-state index in [1.54, 1.807) is 30.3 Å². The number of nitro groups is 1. The highest BCUT2D eigenvalue weighted by molar-refractivity contribution is 7.80. The minimum absolute atomic E-state index is 0.0745. The van der Waals surface area contributed by atoms with Crippen LogP contribution in [0.3, 0.4) is 0 Å². The summed E-state index contributed by atoms with van der Waals surface area (Å²) in [4.78, 5) is 26.0. The van der Waals surface area contributed by atoms with Crippen molar-refractivity contribution in [2.45, 2.75) is 32.8 Å². The molecule has 1 aromatic heterocycles. The van der Waals surface area contributed by atoms with Crippen LogP contribution in [0.1, 0.15) is 40.9 Å². The molecule has 35 heavy (non-hydrogen) atoms. The van der Waals surface area contributed by atoms with Gasteiger partial charge < -0.3 is 19.7 Å². The Kier molecular flexibility index (Phi) is 7.42. The smallest absolute Gasteiger partial charge is 0.293 e. The molecule has 1 saturated heterocycles. The molecule has 0 atom stereocenters. The highest BCUT2D eigenvalue weighted by Gasteiger charge is 2.23. The van der Waals surface area contributed by atoms with Crippen LogP contribution < -0.4 is 15.5 Å². The molecule has 3 N–H and O–H groups in total. The van der Waals surface area contributed by atoms with Crippen molar-refractivity contribution in [1.82, 2.24) is 5.32 Å². The van der Waals surface area contributed by atoms with E-state index in [1.165, 1.54) is 6.07 Å². The molecule has 9 nitrogen and oxygen atoms in total. The third-order valence-corrected chi connectivity index (χ3v) is 6.13. The number of nitro benzene ring substituents is 1. The number of carbonyl (C=O) groups excluding carboxylic acids is 1. The zero-order chi connectivity index (χ0) is 24.9. The summed E-state index contributed by atoms with van der Waals surface area (Å²) >= 11 is 5.28. The number of piperidine rings is 1. The molecule has 1 amide bonds. The molecule has 3 aromatic rings. The Bertz CT molecular complexity index is 1270. The highest BCUT2D eigenvalue weighted by Crippen LogP contribution is 2.31. The van der Waals surface area contributed by atoms with Gasteiger partial charge >= 0.3 is 0 Å². The highest BCUT2D eigenvalue weighted by atomic mass is 32.1. The van der Waals surface area contributed by atoms with Crippen LogP contribution in [-0.2, 0) is 6.61 Å². The summed E-state index contributed by atoms with van der Waals surface area (Å²) in [7, 11) is 0. The number of aliphatic hydroxyl groups is 1. The molecule has 2 heterocycles. The van der Waals surface area contributed by atoms with Crippen LogP contribution in [0.5, 0.6) is 0 Å². The fourth-order valence-corrected chi connectivity index (χ4v) is 4.39. The Morgan fingerprint density at radius 3 is 2.57 bits per heavy atom. The summed E-state index contributed by atoms with van der Waals surface area (Å²) in [6, 6.07) is 13.5. The van der Waals surface area contributed by atoms with Gasteiger partial charge in [0, 0.05) is 36.0 Å². The monoisotopic (exact) mass is 494 g/mol. The molecular formula is C25H26N4O5S. The second kappa shape index (κ2) is 10.7. The van der Waals surface area contributed by atoms with Gasteiger partial charge in [0.05, 0.1) is 4.92 Å². The molecule has 1 fully saturated rings. The van der Waals surface area contributed by atoms with E-state index in [9.17, 15) is 20.0 Å². The van der Waals surface area contributed by atoms with Crippen LogP contribution in [0.25, 0.3) is 11.3 Å².